The van der Waals surface area contributed by atoms with E-state index < -0.39 is 0 Å². The van der Waals surface area contributed by atoms with Crippen molar-refractivity contribution < 1.29 is 0 Å². The lowest BCUT2D eigenvalue weighted by Crippen LogP contribution is -2.08. The molecule has 1 aromatic carbocycles. The van der Waals surface area contributed by atoms with Gasteiger partial charge in [0.25, 0.3) is 0 Å². The Morgan fingerprint density at radius 1 is 1.44 bits per heavy atom. The molecule has 1 unspecified atom stereocenters. The van der Waals surface area contributed by atoms with Gasteiger partial charge in [-0.3, -0.25) is 0 Å². The Kier molecular flexibility index (Phi) is 3.42. The van der Waals surface area contributed by atoms with E-state index in [4.69, 9.17) is 5.73 Å². The van der Waals surface area contributed by atoms with Gasteiger partial charge in [-0.2, -0.15) is 0 Å². The van der Waals surface area contributed by atoms with Crippen molar-refractivity contribution in [3.05, 3.63) is 47.4 Å². The largest absolute Gasteiger partial charge is 0.323 e. The first-order valence-electron chi connectivity index (χ1n) is 5.55. The summed E-state index contributed by atoms with van der Waals surface area (Å²) in [4.78, 5) is 1.28. The first-order valence-corrected chi connectivity index (χ1v) is 6.37. The molecule has 1 atom stereocenters. The molecular formula is C14H17NS. The maximum atomic E-state index is 6.18. The van der Waals surface area contributed by atoms with Gasteiger partial charge >= 0.3 is 0 Å². The minimum Gasteiger partial charge on any atom is -0.323 e. The van der Waals surface area contributed by atoms with Crippen LogP contribution in [0.2, 0.25) is 0 Å². The summed E-state index contributed by atoms with van der Waals surface area (Å²) in [6.45, 7) is 5.96. The predicted octanol–water partition coefficient (Wildman–Crippen LogP) is 4.26. The van der Waals surface area contributed by atoms with Gasteiger partial charge in [0.15, 0.2) is 0 Å². The number of hydrogen-bond donors (Lipinski definition) is 1. The first-order chi connectivity index (χ1) is 7.66. The van der Waals surface area contributed by atoms with Crippen LogP contribution in [0.1, 0.15) is 30.7 Å². The summed E-state index contributed by atoms with van der Waals surface area (Å²) in [6.07, 6.45) is 2.00. The fourth-order valence-electron chi connectivity index (χ4n) is 1.73. The Morgan fingerprint density at radius 3 is 2.88 bits per heavy atom. The monoisotopic (exact) mass is 231 g/mol. The minimum absolute atomic E-state index is 0.147. The van der Waals surface area contributed by atoms with Gasteiger partial charge in [0.2, 0.25) is 0 Å². The summed E-state index contributed by atoms with van der Waals surface area (Å²) in [7, 11) is 0. The number of fused-ring (bicyclic) bond motifs is 1. The molecule has 2 heteroatoms. The van der Waals surface area contributed by atoms with Gasteiger partial charge in [-0.25, -0.2) is 0 Å². The van der Waals surface area contributed by atoms with Crippen LogP contribution < -0.4 is 5.73 Å². The second kappa shape index (κ2) is 4.81. The summed E-state index contributed by atoms with van der Waals surface area (Å²) in [5.74, 6) is 0. The molecule has 1 aromatic heterocycles. The molecule has 0 bridgehead atoms. The van der Waals surface area contributed by atoms with E-state index in [0.29, 0.717) is 0 Å². The van der Waals surface area contributed by atoms with E-state index >= 15 is 0 Å². The Morgan fingerprint density at radius 2 is 2.19 bits per heavy atom. The summed E-state index contributed by atoms with van der Waals surface area (Å²) < 4.78 is 1.32. The van der Waals surface area contributed by atoms with Crippen LogP contribution >= 0.6 is 11.3 Å². The number of nitrogens with two attached hydrogens (primary N) is 1. The quantitative estimate of drug-likeness (QED) is 0.782. The highest BCUT2D eigenvalue weighted by Crippen LogP contribution is 2.30. The number of thiophene rings is 1. The fraction of sp³-hybridized carbons (Fsp3) is 0.286. The molecule has 0 aliphatic rings. The van der Waals surface area contributed by atoms with Gasteiger partial charge in [0, 0.05) is 15.6 Å². The Bertz CT molecular complexity index is 465. The zero-order valence-corrected chi connectivity index (χ0v) is 10.4. The van der Waals surface area contributed by atoms with E-state index in [0.717, 1.165) is 12.8 Å². The maximum absolute atomic E-state index is 6.18. The van der Waals surface area contributed by atoms with Crippen molar-refractivity contribution in [2.45, 2.75) is 25.8 Å². The highest BCUT2D eigenvalue weighted by Gasteiger charge is 2.09. The van der Waals surface area contributed by atoms with E-state index in [9.17, 15) is 0 Å². The van der Waals surface area contributed by atoms with Gasteiger partial charge in [0.05, 0.1) is 0 Å². The van der Waals surface area contributed by atoms with E-state index in [2.05, 4.69) is 43.8 Å². The zero-order chi connectivity index (χ0) is 11.5. The van der Waals surface area contributed by atoms with Gasteiger partial charge in [0.1, 0.15) is 0 Å². The molecular weight excluding hydrogens is 214 g/mol. The lowest BCUT2D eigenvalue weighted by Gasteiger charge is -2.08. The standard InChI is InChI=1S/C14H17NS/c1-10(2)7-8-12(15)14-9-11-5-3-4-6-13(11)16-14/h3-6,9,12H,1,7-8,15H2,2H3. The molecule has 2 aromatic rings. The Hall–Kier alpha value is -1.12. The van der Waals surface area contributed by atoms with Crippen molar-refractivity contribution in [3.63, 3.8) is 0 Å². The molecule has 0 saturated carbocycles. The third-order valence-corrected chi connectivity index (χ3v) is 3.94. The smallest absolute Gasteiger partial charge is 0.0393 e. The normalized spacial score (nSPS) is 12.9. The second-order valence-corrected chi connectivity index (χ2v) is 5.40. The predicted molar refractivity (Wildman–Crippen MR) is 72.8 cm³/mol. The van der Waals surface area contributed by atoms with Crippen LogP contribution in [0.3, 0.4) is 0 Å². The molecule has 0 fully saturated rings. The molecule has 0 aliphatic heterocycles. The van der Waals surface area contributed by atoms with Crippen LogP contribution in [0.5, 0.6) is 0 Å². The molecule has 0 aliphatic carbocycles. The van der Waals surface area contributed by atoms with Crippen molar-refractivity contribution in [2.24, 2.45) is 5.73 Å². The SMILES string of the molecule is C=C(C)CCC(N)c1cc2ccccc2s1. The topological polar surface area (TPSA) is 26.0 Å². The summed E-state index contributed by atoms with van der Waals surface area (Å²) in [5, 5.41) is 1.30. The number of rotatable bonds is 4. The summed E-state index contributed by atoms with van der Waals surface area (Å²) in [5.41, 5.74) is 7.38. The molecule has 2 N–H and O–H groups in total. The highest BCUT2D eigenvalue weighted by atomic mass is 32.1. The van der Waals surface area contributed by atoms with Gasteiger partial charge in [-0.15, -0.1) is 17.9 Å². The molecule has 0 saturated heterocycles. The van der Waals surface area contributed by atoms with Crippen LogP contribution in [-0.2, 0) is 0 Å². The minimum atomic E-state index is 0.147. The summed E-state index contributed by atoms with van der Waals surface area (Å²) in [6, 6.07) is 10.8. The Balaban J connectivity index is 2.16. The molecule has 84 valence electrons. The third-order valence-electron chi connectivity index (χ3n) is 2.69. The molecule has 0 amide bonds. The highest BCUT2D eigenvalue weighted by molar-refractivity contribution is 7.19. The van der Waals surface area contributed by atoms with Crippen LogP contribution in [0, 0.1) is 0 Å². The van der Waals surface area contributed by atoms with E-state index in [1.54, 1.807) is 11.3 Å². The molecule has 1 heterocycles. The van der Waals surface area contributed by atoms with Gasteiger partial charge in [-0.05, 0) is 37.3 Å². The first kappa shape index (κ1) is 11.4. The molecule has 1 nitrogen and oxygen atoms in total. The summed E-state index contributed by atoms with van der Waals surface area (Å²) >= 11 is 1.80. The van der Waals surface area contributed by atoms with Crippen LogP contribution in [0.25, 0.3) is 10.1 Å². The number of benzene rings is 1. The van der Waals surface area contributed by atoms with Crippen molar-refractivity contribution in [2.75, 3.05) is 0 Å². The zero-order valence-electron chi connectivity index (χ0n) is 9.57. The Labute approximate surface area is 101 Å². The van der Waals surface area contributed by atoms with Crippen molar-refractivity contribution in [1.82, 2.24) is 0 Å². The van der Waals surface area contributed by atoms with E-state index in [-0.39, 0.29) is 6.04 Å². The molecule has 2 rings (SSSR count). The third kappa shape index (κ3) is 2.52. The average Bonchev–Trinajstić information content (AvgIpc) is 2.69. The molecule has 0 spiro atoms. The van der Waals surface area contributed by atoms with Crippen molar-refractivity contribution in [3.8, 4) is 0 Å². The number of hydrogen-bond acceptors (Lipinski definition) is 2. The van der Waals surface area contributed by atoms with Gasteiger partial charge < -0.3 is 5.73 Å². The lowest BCUT2D eigenvalue weighted by atomic mass is 10.1. The molecule has 0 radical (unpaired) electrons. The van der Waals surface area contributed by atoms with E-state index in [1.807, 2.05) is 0 Å². The number of allylic oxidation sites excluding steroid dienone is 1. The van der Waals surface area contributed by atoms with Crippen LogP contribution in [0.15, 0.2) is 42.5 Å². The lowest BCUT2D eigenvalue weighted by molar-refractivity contribution is 0.660. The van der Waals surface area contributed by atoms with Crippen molar-refractivity contribution >= 4 is 21.4 Å². The van der Waals surface area contributed by atoms with Crippen molar-refractivity contribution in [1.29, 1.82) is 0 Å². The maximum Gasteiger partial charge on any atom is 0.0393 e. The van der Waals surface area contributed by atoms with Gasteiger partial charge in [-0.1, -0.05) is 23.8 Å². The van der Waals surface area contributed by atoms with Crippen LogP contribution in [0.4, 0.5) is 0 Å². The van der Waals surface area contributed by atoms with Crippen LogP contribution in [-0.4, -0.2) is 0 Å². The van der Waals surface area contributed by atoms with E-state index in [1.165, 1.54) is 20.5 Å². The second-order valence-electron chi connectivity index (χ2n) is 4.29. The molecule has 16 heavy (non-hydrogen) atoms. The average molecular weight is 231 g/mol. The fourth-order valence-corrected chi connectivity index (χ4v) is 2.83.